The van der Waals surface area contributed by atoms with Crippen molar-refractivity contribution in [3.63, 3.8) is 0 Å². The van der Waals surface area contributed by atoms with E-state index in [9.17, 15) is 14.4 Å². The average molecular weight is 1640 g/mol. The van der Waals surface area contributed by atoms with Gasteiger partial charge in [-0.1, -0.05) is 114 Å². The van der Waals surface area contributed by atoms with E-state index in [4.69, 9.17) is 82.6 Å². The molecule has 4 aliphatic heterocycles. The molecule has 0 bridgehead atoms. The molecule has 14 rings (SSSR count). The van der Waals surface area contributed by atoms with Crippen LogP contribution >= 0.6 is 0 Å². The number of fused-ring (bicyclic) bond motifs is 5. The van der Waals surface area contributed by atoms with Crippen molar-refractivity contribution < 1.29 is 52.1 Å². The van der Waals surface area contributed by atoms with Gasteiger partial charge in [0.05, 0.1) is 65.0 Å². The lowest BCUT2D eigenvalue weighted by molar-refractivity contribution is 0.00578. The van der Waals surface area contributed by atoms with Crippen LogP contribution in [-0.4, -0.2) is 190 Å². The number of benzene rings is 4. The van der Waals surface area contributed by atoms with E-state index in [1.165, 1.54) is 0 Å². The first-order valence-corrected chi connectivity index (χ1v) is 52.4. The summed E-state index contributed by atoms with van der Waals surface area (Å²) in [7, 11) is -4.31. The first-order valence-electron chi connectivity index (χ1n) is 41.3. The minimum Gasteiger partial charge on any atom is -0.444 e. The van der Waals surface area contributed by atoms with Crippen molar-refractivity contribution in [2.24, 2.45) is 0 Å². The van der Waals surface area contributed by atoms with Crippen molar-refractivity contribution in [3.8, 4) is 33.8 Å². The van der Waals surface area contributed by atoms with Crippen LogP contribution < -0.4 is 5.46 Å². The van der Waals surface area contributed by atoms with Crippen molar-refractivity contribution in [2.45, 2.75) is 272 Å². The summed E-state index contributed by atoms with van der Waals surface area (Å²) < 4.78 is 54.6. The van der Waals surface area contributed by atoms with Crippen LogP contribution in [0.1, 0.15) is 164 Å². The zero-order valence-corrected chi connectivity index (χ0v) is 75.4. The Bertz CT molecular complexity index is 5060. The van der Waals surface area contributed by atoms with Gasteiger partial charge in [0, 0.05) is 80.4 Å². The number of likely N-dealkylation sites (tertiary alicyclic amines) is 3. The predicted molar refractivity (Wildman–Crippen MR) is 464 cm³/mol. The maximum atomic E-state index is 13.4. The van der Waals surface area contributed by atoms with Crippen LogP contribution in [0.25, 0.3) is 89.2 Å². The summed E-state index contributed by atoms with van der Waals surface area (Å²) in [5.41, 5.74) is 6.64. The van der Waals surface area contributed by atoms with E-state index in [-0.39, 0.29) is 49.9 Å². The molecule has 4 aliphatic rings. The van der Waals surface area contributed by atoms with Gasteiger partial charge in [0.15, 0.2) is 33.9 Å². The monoisotopic (exact) mass is 1630 g/mol. The predicted octanol–water partition coefficient (Wildman–Crippen LogP) is 18.6. The average Bonchev–Trinajstić information content (AvgIpc) is 1.61. The quantitative estimate of drug-likeness (QED) is 0.0347. The van der Waals surface area contributed by atoms with Crippen molar-refractivity contribution >= 4 is 111 Å². The minimum absolute atomic E-state index is 0.251. The van der Waals surface area contributed by atoms with E-state index in [1.807, 2.05) is 88.1 Å². The molecule has 0 unspecified atom stereocenters. The molecule has 0 aliphatic carbocycles. The van der Waals surface area contributed by atoms with Gasteiger partial charge in [-0.2, -0.15) is 0 Å². The maximum absolute atomic E-state index is 13.4. The molecule has 10 aromatic rings. The SMILES string of the molecule is CC(C)(C)OC(=O)N1CCC[C@H]1c1nc2nc(-c3ccc4cc(-c5cnc6c(n5)nc([C@@H]5CCCN5C(=O)OC(C)(C)C)n6COCC[Si](C)(C)C)ccc4c3)cnc2n1COCC[Si](C)(C)C.CC(C)(C)OC(=O)N1CCC[C@H]1c1nc2nc(-c3ccc4cc(B5OC(C)(C)C(C)(C)O5)ccc4c3)cnc2n1COCC[Si](C)(C)C. The molecule has 3 amide bonds. The molecular weight excluding hydrogens is 1510 g/mol. The van der Waals surface area contributed by atoms with Crippen molar-refractivity contribution in [3.05, 3.63) is 109 Å². The Morgan fingerprint density at radius 2 is 0.707 bits per heavy atom. The second-order valence-corrected chi connectivity index (χ2v) is 56.0. The number of amides is 3. The molecule has 26 nitrogen and oxygen atoms in total. The van der Waals surface area contributed by atoms with Crippen LogP contribution in [0, 0.1) is 0 Å². The highest BCUT2D eigenvalue weighted by atomic mass is 28.3. The second-order valence-electron chi connectivity index (χ2n) is 39.1. The summed E-state index contributed by atoms with van der Waals surface area (Å²) in [5.74, 6) is 2.14. The number of hydrogen-bond donors (Lipinski definition) is 0. The van der Waals surface area contributed by atoms with Crippen molar-refractivity contribution in [1.29, 1.82) is 0 Å². The second kappa shape index (κ2) is 33.3. The highest BCUT2D eigenvalue weighted by molar-refractivity contribution is 6.76. The van der Waals surface area contributed by atoms with Gasteiger partial charge >= 0.3 is 25.4 Å². The number of imidazole rings is 3. The van der Waals surface area contributed by atoms with Gasteiger partial charge < -0.3 is 37.7 Å². The normalized spacial score (nSPS) is 18.2. The topological polar surface area (TPSA) is 266 Å². The third kappa shape index (κ3) is 20.2. The fraction of sp³-hybridized carbons (Fsp3) is 0.558. The number of hydrogen-bond acceptors (Lipinski definition) is 20. The van der Waals surface area contributed by atoms with Crippen LogP contribution in [0.2, 0.25) is 77.1 Å². The first-order chi connectivity index (χ1) is 54.4. The molecule has 116 heavy (non-hydrogen) atoms. The van der Waals surface area contributed by atoms with Gasteiger partial charge in [-0.05, 0) is 192 Å². The maximum Gasteiger partial charge on any atom is 0.494 e. The van der Waals surface area contributed by atoms with Gasteiger partial charge in [-0.3, -0.25) is 28.4 Å². The van der Waals surface area contributed by atoms with Gasteiger partial charge in [0.25, 0.3) is 0 Å². The molecule has 0 saturated carbocycles. The fourth-order valence-corrected chi connectivity index (χ4v) is 17.0. The number of ether oxygens (including phenoxy) is 6. The molecule has 4 saturated heterocycles. The lowest BCUT2D eigenvalue weighted by atomic mass is 9.78. The Morgan fingerprint density at radius 3 is 0.991 bits per heavy atom. The molecule has 0 radical (unpaired) electrons. The van der Waals surface area contributed by atoms with Gasteiger partial charge in [-0.15, -0.1) is 0 Å². The van der Waals surface area contributed by atoms with E-state index >= 15 is 0 Å². The van der Waals surface area contributed by atoms with E-state index in [0.717, 1.165) is 112 Å². The number of carbonyl (C=O) groups is 3. The zero-order valence-electron chi connectivity index (χ0n) is 72.4. The number of aromatic nitrogens is 12. The Hall–Kier alpha value is -8.62. The summed E-state index contributed by atoms with van der Waals surface area (Å²) in [6.45, 7) is 50.8. The van der Waals surface area contributed by atoms with Crippen LogP contribution in [0.4, 0.5) is 14.4 Å². The molecule has 30 heteroatoms. The molecule has 3 atom stereocenters. The van der Waals surface area contributed by atoms with Crippen LogP contribution in [0.15, 0.2) is 91.4 Å². The molecule has 6 aromatic heterocycles. The third-order valence-corrected chi connectivity index (χ3v) is 26.9. The summed E-state index contributed by atoms with van der Waals surface area (Å²) in [6, 6.07) is 27.3. The highest BCUT2D eigenvalue weighted by Gasteiger charge is 2.52. The lowest BCUT2D eigenvalue weighted by Gasteiger charge is -2.32. The Kier molecular flexibility index (Phi) is 24.5. The lowest BCUT2D eigenvalue weighted by Crippen LogP contribution is -2.41. The van der Waals surface area contributed by atoms with Crippen LogP contribution in [0.5, 0.6) is 0 Å². The number of rotatable bonds is 22. The standard InChI is InChI=1S/C50H70N10O6Si2.C36H50BN5O5Si/c1-49(2,3)65-47(61)57-21-13-15-39(57)43-55-41-45(59(43)31-63-23-25-67(7,8)9)51-29-37(53-41)35-19-17-34-28-36(20-18-33(34)27-35)38-30-52-46-42(54-38)56-44(60(46)32-64-24-26-68(10,11)12)40-16-14-22-58(40)48(62)66-50(4,5)6;1-34(2,3)45-33(43)41-17-11-12-29(41)31-40-30-32(42(31)23-44-18-19-48(8,9)10)38-22-28(39-30)26-14-13-25-21-27(16-15-24(25)20-26)37-46-35(4,5)36(6,7)47-37/h17-20,27-30,39-40H,13-16,21-26,31-32H2,1-12H3;13-16,20-22,29H,11-12,17-19,23H2,1-10H3/t39-,40-;29-/m00/s1. The first kappa shape index (κ1) is 85.3. The largest absolute Gasteiger partial charge is 0.494 e. The van der Waals surface area contributed by atoms with Crippen molar-refractivity contribution in [2.75, 3.05) is 39.5 Å². The Morgan fingerprint density at radius 1 is 0.422 bits per heavy atom. The Labute approximate surface area is 686 Å². The smallest absolute Gasteiger partial charge is 0.444 e. The number of carbonyl (C=O) groups excluding carboxylic acids is 3. The van der Waals surface area contributed by atoms with E-state index in [1.54, 1.807) is 33.3 Å². The zero-order chi connectivity index (χ0) is 83.4. The minimum atomic E-state index is -1.31. The van der Waals surface area contributed by atoms with Gasteiger partial charge in [0.1, 0.15) is 54.5 Å². The number of nitrogens with zero attached hydrogens (tertiary/aromatic N) is 15. The van der Waals surface area contributed by atoms with Crippen LogP contribution in [0.3, 0.4) is 0 Å². The van der Waals surface area contributed by atoms with Crippen molar-refractivity contribution in [1.82, 2.24) is 73.3 Å². The third-order valence-electron chi connectivity index (χ3n) is 21.8. The highest BCUT2D eigenvalue weighted by Crippen LogP contribution is 2.41. The van der Waals surface area contributed by atoms with Gasteiger partial charge in [-0.25, -0.2) is 59.2 Å². The molecule has 4 aromatic carbocycles. The molecule has 4 fully saturated rings. The molecule has 10 heterocycles. The van der Waals surface area contributed by atoms with E-state index < -0.39 is 59.3 Å². The summed E-state index contributed by atoms with van der Waals surface area (Å²) >= 11 is 0. The van der Waals surface area contributed by atoms with E-state index in [0.29, 0.717) is 103 Å². The fourth-order valence-electron chi connectivity index (χ4n) is 14.7. The summed E-state index contributed by atoms with van der Waals surface area (Å²) in [4.78, 5) is 90.4. The molecule has 0 N–H and O–H groups in total. The van der Waals surface area contributed by atoms with E-state index in [2.05, 4.69) is 147 Å². The van der Waals surface area contributed by atoms with Gasteiger partial charge in [0.2, 0.25) is 0 Å². The van der Waals surface area contributed by atoms with Crippen LogP contribution in [-0.2, 0) is 57.9 Å². The summed E-state index contributed by atoms with van der Waals surface area (Å²) in [6.07, 6.45) is 9.18. The summed E-state index contributed by atoms with van der Waals surface area (Å²) in [5, 5.41) is 4.21. The molecule has 0 spiro atoms. The Balaban J connectivity index is 0.000000214. The molecule has 620 valence electrons. The molecular formula is C86H120BN15O11Si3.